The zero-order chi connectivity index (χ0) is 14.0. The third-order valence-electron chi connectivity index (χ3n) is 3.26. The number of nitrogens with two attached hydrogens (primary N) is 1. The van der Waals surface area contributed by atoms with Crippen molar-refractivity contribution in [3.8, 4) is 0 Å². The number of aryl methyl sites for hydroxylation is 1. The highest BCUT2D eigenvalue weighted by atomic mass is 32.1. The maximum Gasteiger partial charge on any atom is 0.139 e. The molecule has 3 nitrogen and oxygen atoms in total. The molecular formula is C14H17N3S2. The second-order valence-corrected chi connectivity index (χ2v) is 5.91. The highest BCUT2D eigenvalue weighted by Crippen LogP contribution is 2.29. The van der Waals surface area contributed by atoms with Gasteiger partial charge in [-0.2, -0.15) is 0 Å². The fraction of sp³-hybridized carbons (Fsp3) is 0.286. The predicted molar refractivity (Wildman–Crippen MR) is 86.0 cm³/mol. The van der Waals surface area contributed by atoms with Gasteiger partial charge in [0, 0.05) is 18.1 Å². The van der Waals surface area contributed by atoms with Crippen molar-refractivity contribution in [1.29, 1.82) is 0 Å². The quantitative estimate of drug-likeness (QED) is 0.878. The second kappa shape index (κ2) is 5.67. The van der Waals surface area contributed by atoms with E-state index < -0.39 is 0 Å². The molecule has 19 heavy (non-hydrogen) atoms. The SMILES string of the molecule is Cc1ccnc(N(C)C(C)c2cccs2)c1C(N)=S. The molecule has 2 aromatic rings. The fourth-order valence-corrected chi connectivity index (χ4v) is 3.10. The number of hydrogen-bond donors (Lipinski definition) is 1. The van der Waals surface area contributed by atoms with Gasteiger partial charge in [0.2, 0.25) is 0 Å². The van der Waals surface area contributed by atoms with Gasteiger partial charge in [0.1, 0.15) is 10.8 Å². The van der Waals surface area contributed by atoms with Gasteiger partial charge in [0.15, 0.2) is 0 Å². The maximum atomic E-state index is 5.84. The molecule has 0 spiro atoms. The molecule has 0 radical (unpaired) electrons. The van der Waals surface area contributed by atoms with Crippen LogP contribution in [0.5, 0.6) is 0 Å². The highest BCUT2D eigenvalue weighted by molar-refractivity contribution is 7.80. The standard InChI is InChI=1S/C14H17N3S2/c1-9-6-7-16-14(12(9)13(15)18)17(3)10(2)11-5-4-8-19-11/h4-8,10H,1-3H3,(H2,15,18). The Morgan fingerprint density at radius 2 is 2.21 bits per heavy atom. The minimum atomic E-state index is 0.238. The molecule has 0 amide bonds. The van der Waals surface area contributed by atoms with Crippen LogP contribution in [0, 0.1) is 6.92 Å². The molecular weight excluding hydrogens is 274 g/mol. The van der Waals surface area contributed by atoms with E-state index in [0.29, 0.717) is 4.99 Å². The molecule has 0 aliphatic carbocycles. The second-order valence-electron chi connectivity index (χ2n) is 4.49. The number of thiocarbonyl (C=S) groups is 1. The van der Waals surface area contributed by atoms with Crippen molar-refractivity contribution in [3.63, 3.8) is 0 Å². The molecule has 2 N–H and O–H groups in total. The third-order valence-corrected chi connectivity index (χ3v) is 4.50. The maximum absolute atomic E-state index is 5.84. The van der Waals surface area contributed by atoms with E-state index in [2.05, 4.69) is 34.3 Å². The Hall–Kier alpha value is -1.46. The van der Waals surface area contributed by atoms with Crippen molar-refractivity contribution in [2.75, 3.05) is 11.9 Å². The van der Waals surface area contributed by atoms with Gasteiger partial charge in [-0.25, -0.2) is 4.98 Å². The summed E-state index contributed by atoms with van der Waals surface area (Å²) >= 11 is 6.90. The summed E-state index contributed by atoms with van der Waals surface area (Å²) < 4.78 is 0. The molecule has 0 fully saturated rings. The van der Waals surface area contributed by atoms with Crippen molar-refractivity contribution >= 4 is 34.4 Å². The van der Waals surface area contributed by atoms with Crippen LogP contribution in [-0.2, 0) is 0 Å². The molecule has 0 saturated carbocycles. The van der Waals surface area contributed by atoms with Gasteiger partial charge in [0.05, 0.1) is 11.6 Å². The number of anilines is 1. The summed E-state index contributed by atoms with van der Waals surface area (Å²) in [6, 6.07) is 6.36. The smallest absolute Gasteiger partial charge is 0.139 e. The zero-order valence-corrected chi connectivity index (χ0v) is 12.9. The third kappa shape index (κ3) is 2.77. The number of hydrogen-bond acceptors (Lipinski definition) is 4. The average Bonchev–Trinajstić information content (AvgIpc) is 2.90. The molecule has 0 aromatic carbocycles. The Bertz CT molecular complexity index is 578. The molecule has 0 saturated heterocycles. The molecule has 100 valence electrons. The number of aromatic nitrogens is 1. The van der Waals surface area contributed by atoms with Gasteiger partial charge < -0.3 is 10.6 Å². The van der Waals surface area contributed by atoms with E-state index in [1.165, 1.54) is 4.88 Å². The van der Waals surface area contributed by atoms with Crippen molar-refractivity contribution < 1.29 is 0 Å². The Morgan fingerprint density at radius 1 is 1.47 bits per heavy atom. The molecule has 2 aromatic heterocycles. The summed E-state index contributed by atoms with van der Waals surface area (Å²) in [4.78, 5) is 8.26. The predicted octanol–water partition coefficient (Wildman–Crippen LogP) is 3.28. The number of thiophene rings is 1. The number of nitrogens with zero attached hydrogens (tertiary/aromatic N) is 2. The summed E-state index contributed by atoms with van der Waals surface area (Å²) in [5.74, 6) is 0.841. The van der Waals surface area contributed by atoms with Crippen LogP contribution in [0.4, 0.5) is 5.82 Å². The highest BCUT2D eigenvalue weighted by Gasteiger charge is 2.19. The molecule has 0 aliphatic heterocycles. The molecule has 0 bridgehead atoms. The lowest BCUT2D eigenvalue weighted by Crippen LogP contribution is -2.26. The molecule has 5 heteroatoms. The Balaban J connectivity index is 2.42. The van der Waals surface area contributed by atoms with Crippen molar-refractivity contribution in [1.82, 2.24) is 4.98 Å². The van der Waals surface area contributed by atoms with Crippen molar-refractivity contribution in [2.45, 2.75) is 19.9 Å². The van der Waals surface area contributed by atoms with Crippen molar-refractivity contribution in [3.05, 3.63) is 45.8 Å². The number of pyridine rings is 1. The average molecular weight is 291 g/mol. The van der Waals surface area contributed by atoms with E-state index >= 15 is 0 Å². The van der Waals surface area contributed by atoms with Gasteiger partial charge in [-0.05, 0) is 36.9 Å². The summed E-state index contributed by atoms with van der Waals surface area (Å²) in [5, 5.41) is 2.08. The molecule has 1 unspecified atom stereocenters. The summed E-state index contributed by atoms with van der Waals surface area (Å²) in [6.45, 7) is 4.16. The minimum absolute atomic E-state index is 0.238. The van der Waals surface area contributed by atoms with E-state index in [4.69, 9.17) is 18.0 Å². The monoisotopic (exact) mass is 291 g/mol. The first-order chi connectivity index (χ1) is 9.02. The lowest BCUT2D eigenvalue weighted by molar-refractivity contribution is 0.741. The summed E-state index contributed by atoms with van der Waals surface area (Å²) in [7, 11) is 2.02. The van der Waals surface area contributed by atoms with Gasteiger partial charge in [0.25, 0.3) is 0 Å². The van der Waals surface area contributed by atoms with E-state index in [9.17, 15) is 0 Å². The van der Waals surface area contributed by atoms with Crippen LogP contribution >= 0.6 is 23.6 Å². The van der Waals surface area contributed by atoms with Crippen LogP contribution in [-0.4, -0.2) is 17.0 Å². The fourth-order valence-electron chi connectivity index (χ4n) is 2.02. The van der Waals surface area contributed by atoms with E-state index in [1.807, 2.05) is 20.0 Å². The largest absolute Gasteiger partial charge is 0.389 e. The van der Waals surface area contributed by atoms with Crippen LogP contribution in [0.2, 0.25) is 0 Å². The van der Waals surface area contributed by atoms with Gasteiger partial charge >= 0.3 is 0 Å². The Labute approximate surface area is 123 Å². The van der Waals surface area contributed by atoms with Gasteiger partial charge in [-0.1, -0.05) is 18.3 Å². The van der Waals surface area contributed by atoms with E-state index in [0.717, 1.165) is 16.9 Å². The van der Waals surface area contributed by atoms with E-state index in [-0.39, 0.29) is 6.04 Å². The van der Waals surface area contributed by atoms with Gasteiger partial charge in [-0.15, -0.1) is 11.3 Å². The van der Waals surface area contributed by atoms with Crippen LogP contribution in [0.3, 0.4) is 0 Å². The minimum Gasteiger partial charge on any atom is -0.389 e. The summed E-state index contributed by atoms with van der Waals surface area (Å²) in [6.07, 6.45) is 1.80. The first-order valence-electron chi connectivity index (χ1n) is 6.04. The van der Waals surface area contributed by atoms with Crippen LogP contribution in [0.15, 0.2) is 29.8 Å². The van der Waals surface area contributed by atoms with Crippen LogP contribution in [0.1, 0.15) is 29.0 Å². The lowest BCUT2D eigenvalue weighted by atomic mass is 10.1. The van der Waals surface area contributed by atoms with Crippen LogP contribution in [0.25, 0.3) is 0 Å². The summed E-state index contributed by atoms with van der Waals surface area (Å²) in [5.41, 5.74) is 7.76. The lowest BCUT2D eigenvalue weighted by Gasteiger charge is -2.27. The molecule has 2 rings (SSSR count). The molecule has 0 aliphatic rings. The normalized spacial score (nSPS) is 12.2. The molecule has 2 heterocycles. The number of rotatable bonds is 4. The Kier molecular flexibility index (Phi) is 4.17. The van der Waals surface area contributed by atoms with Crippen molar-refractivity contribution in [2.24, 2.45) is 5.73 Å². The van der Waals surface area contributed by atoms with Gasteiger partial charge in [-0.3, -0.25) is 0 Å². The first kappa shape index (κ1) is 14.0. The van der Waals surface area contributed by atoms with Crippen LogP contribution < -0.4 is 10.6 Å². The Morgan fingerprint density at radius 3 is 2.79 bits per heavy atom. The first-order valence-corrected chi connectivity index (χ1v) is 7.32. The molecule has 1 atom stereocenters. The zero-order valence-electron chi connectivity index (χ0n) is 11.3. The topological polar surface area (TPSA) is 42.2 Å². The van der Waals surface area contributed by atoms with E-state index in [1.54, 1.807) is 17.5 Å².